The molecule has 2 N–H and O–H groups in total. The van der Waals surface area contributed by atoms with E-state index in [9.17, 15) is 18.0 Å². The van der Waals surface area contributed by atoms with Crippen LogP contribution in [0.15, 0.2) is 74.5 Å². The van der Waals surface area contributed by atoms with Crippen LogP contribution in [-0.4, -0.2) is 41.8 Å². The molecule has 1 heterocycles. The molecule has 1 aromatic heterocycles. The normalized spacial score (nSPS) is 10.9. The Hall–Kier alpha value is -3.95. The molecule has 31 heavy (non-hydrogen) atoms. The van der Waals surface area contributed by atoms with Crippen molar-refractivity contribution in [2.45, 2.75) is 4.90 Å². The van der Waals surface area contributed by atoms with Gasteiger partial charge in [-0.3, -0.25) is 19.2 Å². The SMILES string of the molecule is O=COc1[nH]n(-c2ccc(S(=O)(=O)O)cc2)c(=O)c1N=Nc1ccccc1.O=S(=O)=O. The number of hydrogen-bond donors (Lipinski definition) is 2. The molecule has 0 fully saturated rings. The number of benzene rings is 2. The average molecular weight is 468 g/mol. The second-order valence-corrected chi connectivity index (χ2v) is 7.18. The maximum Gasteiger partial charge on any atom is 0.425 e. The van der Waals surface area contributed by atoms with Gasteiger partial charge in [0.1, 0.15) is 0 Å². The summed E-state index contributed by atoms with van der Waals surface area (Å²) >= 11 is 0. The topological polar surface area (TPSA) is 194 Å². The van der Waals surface area contributed by atoms with Crippen LogP contribution in [0.5, 0.6) is 5.88 Å². The predicted molar refractivity (Wildman–Crippen MR) is 103 cm³/mol. The van der Waals surface area contributed by atoms with Crippen molar-refractivity contribution in [1.29, 1.82) is 0 Å². The van der Waals surface area contributed by atoms with Gasteiger partial charge in [-0.2, -0.15) is 13.5 Å². The van der Waals surface area contributed by atoms with Crippen molar-refractivity contribution in [3.8, 4) is 11.6 Å². The minimum absolute atomic E-state index is 0.124. The lowest BCUT2D eigenvalue weighted by Gasteiger charge is -2.02. The Morgan fingerprint density at radius 2 is 1.58 bits per heavy atom. The Morgan fingerprint density at radius 1 is 1.00 bits per heavy atom. The van der Waals surface area contributed by atoms with Gasteiger partial charge >= 0.3 is 16.2 Å². The largest absolute Gasteiger partial charge is 0.425 e. The maximum absolute atomic E-state index is 12.6. The monoisotopic (exact) mass is 468 g/mol. The highest BCUT2D eigenvalue weighted by molar-refractivity contribution is 7.85. The molecule has 0 spiro atoms. The average Bonchev–Trinajstić information content (AvgIpc) is 3.02. The van der Waals surface area contributed by atoms with Gasteiger partial charge in [0.25, 0.3) is 16.6 Å². The third-order valence-electron chi connectivity index (χ3n) is 3.41. The zero-order chi connectivity index (χ0) is 23.0. The minimum atomic E-state index is -4.36. The van der Waals surface area contributed by atoms with E-state index in [2.05, 4.69) is 15.3 Å². The Morgan fingerprint density at radius 3 is 2.10 bits per heavy atom. The molecule has 0 aliphatic rings. The zero-order valence-electron chi connectivity index (χ0n) is 15.1. The van der Waals surface area contributed by atoms with Crippen LogP contribution in [0.1, 0.15) is 0 Å². The van der Waals surface area contributed by atoms with E-state index in [1.54, 1.807) is 30.3 Å². The van der Waals surface area contributed by atoms with E-state index in [1.807, 2.05) is 0 Å². The lowest BCUT2D eigenvalue weighted by Crippen LogP contribution is -2.14. The van der Waals surface area contributed by atoms with Gasteiger partial charge in [0.05, 0.1) is 16.3 Å². The molecule has 0 amide bonds. The molecular formula is C16H12N4O9S2. The molecule has 0 radical (unpaired) electrons. The Bertz CT molecular complexity index is 1350. The Balaban J connectivity index is 0.000000785. The molecular weight excluding hydrogens is 456 g/mol. The lowest BCUT2D eigenvalue weighted by atomic mass is 10.3. The number of H-pyrrole nitrogens is 1. The number of aromatic nitrogens is 2. The van der Waals surface area contributed by atoms with Crippen LogP contribution in [0.25, 0.3) is 5.69 Å². The number of carbonyl (C=O) groups excluding carboxylic acids is 1. The molecule has 0 saturated carbocycles. The smallest absolute Gasteiger partial charge is 0.408 e. The van der Waals surface area contributed by atoms with Crippen molar-refractivity contribution in [1.82, 2.24) is 9.78 Å². The Kier molecular flexibility index (Phi) is 7.67. The molecule has 3 aromatic rings. The van der Waals surface area contributed by atoms with Crippen LogP contribution >= 0.6 is 0 Å². The van der Waals surface area contributed by atoms with E-state index in [0.717, 1.165) is 16.8 Å². The molecule has 0 unspecified atom stereocenters. The summed E-state index contributed by atoms with van der Waals surface area (Å²) in [5.41, 5.74) is -0.209. The van der Waals surface area contributed by atoms with Gasteiger partial charge < -0.3 is 4.74 Å². The molecule has 0 atom stereocenters. The molecule has 0 bridgehead atoms. The standard InChI is InChI=1S/C16H12N4O6S.O3S/c21-10-26-15-14(18-17-11-4-2-1-3-5-11)16(22)20(19-15)12-6-8-13(9-7-12)27(23,24)25;1-4(2)3/h1-10,19H,(H,23,24,25);. The van der Waals surface area contributed by atoms with Crippen molar-refractivity contribution in [3.05, 3.63) is 65.0 Å². The quantitative estimate of drug-likeness (QED) is 0.305. The summed E-state index contributed by atoms with van der Waals surface area (Å²) in [4.78, 5) is 22.9. The van der Waals surface area contributed by atoms with Crippen molar-refractivity contribution in [2.24, 2.45) is 10.2 Å². The second kappa shape index (κ2) is 10.2. The lowest BCUT2D eigenvalue weighted by molar-refractivity contribution is -0.120. The molecule has 2 aromatic carbocycles. The van der Waals surface area contributed by atoms with E-state index < -0.39 is 26.3 Å². The third kappa shape index (κ3) is 6.53. The van der Waals surface area contributed by atoms with E-state index in [-0.39, 0.29) is 28.6 Å². The molecule has 3 rings (SSSR count). The molecule has 15 heteroatoms. The number of hydrogen-bond acceptors (Lipinski definition) is 10. The Labute approximate surface area is 175 Å². The first-order valence-electron chi connectivity index (χ1n) is 7.90. The summed E-state index contributed by atoms with van der Waals surface area (Å²) < 4.78 is 62.3. The highest BCUT2D eigenvalue weighted by Crippen LogP contribution is 2.25. The molecule has 0 aliphatic heterocycles. The number of nitrogens with zero attached hydrogens (tertiary/aromatic N) is 3. The van der Waals surface area contributed by atoms with Crippen LogP contribution < -0.4 is 10.3 Å². The predicted octanol–water partition coefficient (Wildman–Crippen LogP) is 1.36. The zero-order valence-corrected chi connectivity index (χ0v) is 16.8. The van der Waals surface area contributed by atoms with E-state index in [4.69, 9.17) is 21.9 Å². The van der Waals surface area contributed by atoms with Crippen molar-refractivity contribution in [3.63, 3.8) is 0 Å². The van der Waals surface area contributed by atoms with E-state index in [0.29, 0.717) is 5.69 Å². The number of azo groups is 1. The summed E-state index contributed by atoms with van der Waals surface area (Å²) in [7, 11) is -7.48. The van der Waals surface area contributed by atoms with E-state index in [1.165, 1.54) is 12.1 Å². The minimum Gasteiger partial charge on any atom is -0.408 e. The summed E-state index contributed by atoms with van der Waals surface area (Å²) in [5.74, 6) is -0.228. The van der Waals surface area contributed by atoms with Crippen molar-refractivity contribution >= 4 is 38.6 Å². The molecule has 13 nitrogen and oxygen atoms in total. The van der Waals surface area contributed by atoms with Crippen LogP contribution in [-0.2, 0) is 25.5 Å². The first-order chi connectivity index (χ1) is 14.6. The fraction of sp³-hybridized carbons (Fsp3) is 0. The number of nitrogens with one attached hydrogen (secondary N) is 1. The first-order valence-corrected chi connectivity index (χ1v) is 10.3. The maximum atomic E-state index is 12.6. The van der Waals surface area contributed by atoms with E-state index >= 15 is 0 Å². The van der Waals surface area contributed by atoms with Gasteiger partial charge in [-0.05, 0) is 36.4 Å². The van der Waals surface area contributed by atoms with Crippen molar-refractivity contribution in [2.75, 3.05) is 0 Å². The van der Waals surface area contributed by atoms with Gasteiger partial charge in [-0.1, -0.05) is 18.2 Å². The third-order valence-corrected chi connectivity index (χ3v) is 4.28. The number of ether oxygens (including phenoxy) is 1. The molecule has 0 saturated heterocycles. The van der Waals surface area contributed by atoms with Crippen molar-refractivity contribution < 1.29 is 35.1 Å². The first kappa shape index (κ1) is 23.3. The van der Waals surface area contributed by atoms with Crippen LogP contribution in [0, 0.1) is 0 Å². The number of aromatic amines is 1. The fourth-order valence-electron chi connectivity index (χ4n) is 2.18. The summed E-state index contributed by atoms with van der Waals surface area (Å²) in [6, 6.07) is 13.4. The fourth-order valence-corrected chi connectivity index (χ4v) is 2.66. The number of carbonyl (C=O) groups is 1. The van der Waals surface area contributed by atoms with Crippen LogP contribution in [0.4, 0.5) is 11.4 Å². The highest BCUT2D eigenvalue weighted by atomic mass is 32.2. The van der Waals surface area contributed by atoms with Gasteiger partial charge in [0.2, 0.25) is 11.6 Å². The van der Waals surface area contributed by atoms with Crippen LogP contribution in [0.3, 0.4) is 0 Å². The second-order valence-electron chi connectivity index (χ2n) is 5.35. The highest BCUT2D eigenvalue weighted by Gasteiger charge is 2.18. The van der Waals surface area contributed by atoms with Gasteiger partial charge in [0.15, 0.2) is 0 Å². The number of rotatable bonds is 6. The van der Waals surface area contributed by atoms with Crippen LogP contribution in [0.2, 0.25) is 0 Å². The molecule has 0 aliphatic carbocycles. The molecule has 162 valence electrons. The van der Waals surface area contributed by atoms with Gasteiger partial charge in [0, 0.05) is 0 Å². The summed E-state index contributed by atoms with van der Waals surface area (Å²) in [6.45, 7) is 0.124. The van der Waals surface area contributed by atoms with Gasteiger partial charge in [-0.15, -0.1) is 17.7 Å². The van der Waals surface area contributed by atoms with Gasteiger partial charge in [-0.25, -0.2) is 4.68 Å². The summed E-state index contributed by atoms with van der Waals surface area (Å²) in [5, 5.41) is 10.3. The summed E-state index contributed by atoms with van der Waals surface area (Å²) in [6.07, 6.45) is 0.